The molecule has 0 saturated heterocycles. The second-order valence-electron chi connectivity index (χ2n) is 5.02. The molecule has 1 saturated carbocycles. The highest BCUT2D eigenvalue weighted by Gasteiger charge is 2.36. The first-order valence-electron chi connectivity index (χ1n) is 6.20. The van der Waals surface area contributed by atoms with Gasteiger partial charge in [-0.25, -0.2) is 8.42 Å². The fourth-order valence-corrected chi connectivity index (χ4v) is 4.82. The minimum absolute atomic E-state index is 0.432. The van der Waals surface area contributed by atoms with E-state index in [1.165, 1.54) is 15.6 Å². The minimum Gasteiger partial charge on any atom is -0.330 e. The Labute approximate surface area is 113 Å². The van der Waals surface area contributed by atoms with Crippen molar-refractivity contribution in [1.82, 2.24) is 4.31 Å². The number of sulfonamides is 1. The molecule has 0 amide bonds. The summed E-state index contributed by atoms with van der Waals surface area (Å²) in [5, 5.41) is 0. The summed E-state index contributed by atoms with van der Waals surface area (Å²) in [6.45, 7) is 3.35. The van der Waals surface area contributed by atoms with Crippen LogP contribution in [0.2, 0.25) is 0 Å². The van der Waals surface area contributed by atoms with Gasteiger partial charge < -0.3 is 5.73 Å². The molecule has 2 atom stereocenters. The predicted molar refractivity (Wildman–Crippen MR) is 74.2 cm³/mol. The fraction of sp³-hybridized carbons (Fsp3) is 0.667. The largest absolute Gasteiger partial charge is 0.330 e. The van der Waals surface area contributed by atoms with Crippen LogP contribution in [0.3, 0.4) is 0 Å². The zero-order valence-corrected chi connectivity index (χ0v) is 12.4. The second-order valence-corrected chi connectivity index (χ2v) is 8.46. The highest BCUT2D eigenvalue weighted by Crippen LogP contribution is 2.39. The van der Waals surface area contributed by atoms with Crippen LogP contribution in [0.15, 0.2) is 16.3 Å². The van der Waals surface area contributed by atoms with E-state index in [9.17, 15) is 8.42 Å². The molecule has 1 aromatic heterocycles. The summed E-state index contributed by atoms with van der Waals surface area (Å²) in [5.41, 5.74) is 5.47. The zero-order valence-electron chi connectivity index (χ0n) is 10.8. The molecule has 18 heavy (non-hydrogen) atoms. The molecule has 1 aliphatic carbocycles. The fourth-order valence-electron chi connectivity index (χ4n) is 2.01. The van der Waals surface area contributed by atoms with Gasteiger partial charge in [-0.15, -0.1) is 11.3 Å². The third kappa shape index (κ3) is 2.93. The zero-order chi connectivity index (χ0) is 13.3. The van der Waals surface area contributed by atoms with Crippen LogP contribution in [0.1, 0.15) is 18.2 Å². The first-order chi connectivity index (χ1) is 8.45. The molecule has 1 heterocycles. The van der Waals surface area contributed by atoms with Crippen LogP contribution >= 0.6 is 11.3 Å². The Morgan fingerprint density at radius 1 is 1.50 bits per heavy atom. The summed E-state index contributed by atoms with van der Waals surface area (Å²) in [7, 11) is -1.63. The third-order valence-electron chi connectivity index (χ3n) is 3.46. The Morgan fingerprint density at radius 2 is 2.17 bits per heavy atom. The maximum absolute atomic E-state index is 12.3. The normalized spacial score (nSPS) is 23.6. The van der Waals surface area contributed by atoms with Crippen LogP contribution in [0.4, 0.5) is 0 Å². The number of nitrogens with two attached hydrogens (primary N) is 1. The molecule has 102 valence electrons. The summed E-state index contributed by atoms with van der Waals surface area (Å²) in [6, 6.07) is 3.55. The summed E-state index contributed by atoms with van der Waals surface area (Å²) in [6.07, 6.45) is 1.88. The number of nitrogens with zero attached hydrogens (tertiary/aromatic N) is 1. The molecule has 1 aromatic rings. The molecular formula is C12H20N2O2S2. The molecule has 6 heteroatoms. The van der Waals surface area contributed by atoms with E-state index >= 15 is 0 Å². The molecule has 0 radical (unpaired) electrons. The molecule has 0 aromatic carbocycles. The molecule has 0 spiro atoms. The van der Waals surface area contributed by atoms with Gasteiger partial charge in [0.05, 0.1) is 0 Å². The second kappa shape index (κ2) is 5.28. The van der Waals surface area contributed by atoms with Gasteiger partial charge in [0.1, 0.15) is 4.21 Å². The third-order valence-corrected chi connectivity index (χ3v) is 6.90. The van der Waals surface area contributed by atoms with Crippen molar-refractivity contribution in [3.63, 3.8) is 0 Å². The van der Waals surface area contributed by atoms with Gasteiger partial charge in [0, 0.05) is 18.5 Å². The van der Waals surface area contributed by atoms with Crippen LogP contribution in [0.25, 0.3) is 0 Å². The first kappa shape index (κ1) is 14.0. The first-order valence-corrected chi connectivity index (χ1v) is 8.46. The van der Waals surface area contributed by atoms with E-state index in [2.05, 4.69) is 6.92 Å². The highest BCUT2D eigenvalue weighted by molar-refractivity contribution is 7.91. The topological polar surface area (TPSA) is 63.4 Å². The van der Waals surface area contributed by atoms with Gasteiger partial charge >= 0.3 is 0 Å². The van der Waals surface area contributed by atoms with Crippen molar-refractivity contribution in [2.75, 3.05) is 20.1 Å². The highest BCUT2D eigenvalue weighted by atomic mass is 32.2. The van der Waals surface area contributed by atoms with Crippen molar-refractivity contribution in [1.29, 1.82) is 0 Å². The monoisotopic (exact) mass is 288 g/mol. The summed E-state index contributed by atoms with van der Waals surface area (Å²) < 4.78 is 26.6. The predicted octanol–water partition coefficient (Wildman–Crippen LogP) is 1.53. The lowest BCUT2D eigenvalue weighted by Gasteiger charge is -2.15. The maximum atomic E-state index is 12.3. The lowest BCUT2D eigenvalue weighted by Crippen LogP contribution is -2.28. The van der Waals surface area contributed by atoms with Crippen LogP contribution in [0, 0.1) is 11.8 Å². The Hall–Kier alpha value is -0.430. The van der Waals surface area contributed by atoms with Crippen LogP contribution in [0.5, 0.6) is 0 Å². The summed E-state index contributed by atoms with van der Waals surface area (Å²) in [5.74, 6) is 1.20. The number of thiophene rings is 1. The van der Waals surface area contributed by atoms with Crippen molar-refractivity contribution in [2.24, 2.45) is 17.6 Å². The number of hydrogen-bond acceptors (Lipinski definition) is 4. The van der Waals surface area contributed by atoms with E-state index in [4.69, 9.17) is 5.73 Å². The van der Waals surface area contributed by atoms with E-state index in [-0.39, 0.29) is 0 Å². The smallest absolute Gasteiger partial charge is 0.252 e. The lowest BCUT2D eigenvalue weighted by atomic mass is 10.3. The molecule has 1 fully saturated rings. The standard InChI is InChI=1S/C12H20N2O2S2/c1-9-7-10(9)8-14(2)18(15,16)12-4-3-11(17-12)5-6-13/h3-4,9-10H,5-8,13H2,1-2H3. The van der Waals surface area contributed by atoms with E-state index < -0.39 is 10.0 Å². The van der Waals surface area contributed by atoms with E-state index in [1.54, 1.807) is 13.1 Å². The minimum atomic E-state index is -3.30. The molecule has 4 nitrogen and oxygen atoms in total. The molecule has 2 N–H and O–H groups in total. The lowest BCUT2D eigenvalue weighted by molar-refractivity contribution is 0.446. The Balaban J connectivity index is 2.08. The quantitative estimate of drug-likeness (QED) is 0.863. The van der Waals surface area contributed by atoms with Gasteiger partial charge in [-0.3, -0.25) is 0 Å². The number of hydrogen-bond donors (Lipinski definition) is 1. The van der Waals surface area contributed by atoms with Crippen molar-refractivity contribution < 1.29 is 8.42 Å². The molecule has 0 bridgehead atoms. The molecule has 2 rings (SSSR count). The van der Waals surface area contributed by atoms with E-state index in [0.29, 0.717) is 29.1 Å². The van der Waals surface area contributed by atoms with Gasteiger partial charge in [0.15, 0.2) is 0 Å². The van der Waals surface area contributed by atoms with Crippen molar-refractivity contribution in [2.45, 2.75) is 24.0 Å². The van der Waals surface area contributed by atoms with Gasteiger partial charge in [0.25, 0.3) is 10.0 Å². The van der Waals surface area contributed by atoms with Gasteiger partial charge in [-0.1, -0.05) is 6.92 Å². The Kier molecular flexibility index (Phi) is 4.11. The van der Waals surface area contributed by atoms with Gasteiger partial charge in [-0.05, 0) is 43.4 Å². The SMILES string of the molecule is CC1CC1CN(C)S(=O)(=O)c1ccc(CCN)s1. The molecule has 1 aliphatic rings. The molecule has 2 unspecified atom stereocenters. The van der Waals surface area contributed by atoms with Gasteiger partial charge in [0.2, 0.25) is 0 Å². The van der Waals surface area contributed by atoms with Crippen molar-refractivity contribution >= 4 is 21.4 Å². The molecule has 0 aliphatic heterocycles. The van der Waals surface area contributed by atoms with Gasteiger partial charge in [-0.2, -0.15) is 4.31 Å². The number of rotatable bonds is 6. The van der Waals surface area contributed by atoms with Crippen LogP contribution in [-0.2, 0) is 16.4 Å². The summed E-state index contributed by atoms with van der Waals surface area (Å²) >= 11 is 1.33. The van der Waals surface area contributed by atoms with Crippen LogP contribution < -0.4 is 5.73 Å². The average molecular weight is 288 g/mol. The Bertz CT molecular complexity index is 510. The maximum Gasteiger partial charge on any atom is 0.252 e. The Morgan fingerprint density at radius 3 is 2.72 bits per heavy atom. The van der Waals surface area contributed by atoms with E-state index in [0.717, 1.165) is 17.7 Å². The van der Waals surface area contributed by atoms with Crippen molar-refractivity contribution in [3.8, 4) is 0 Å². The summed E-state index contributed by atoms with van der Waals surface area (Å²) in [4.78, 5) is 1.03. The van der Waals surface area contributed by atoms with Crippen LogP contribution in [-0.4, -0.2) is 32.9 Å². The van der Waals surface area contributed by atoms with E-state index in [1.807, 2.05) is 6.07 Å². The average Bonchev–Trinajstić information content (AvgIpc) is 2.80. The van der Waals surface area contributed by atoms with Crippen molar-refractivity contribution in [3.05, 3.63) is 17.0 Å². The molecular weight excluding hydrogens is 268 g/mol.